The lowest BCUT2D eigenvalue weighted by atomic mass is 9.83. The third-order valence-electron chi connectivity index (χ3n) is 5.19. The third kappa shape index (κ3) is 5.87. The Morgan fingerprint density at radius 3 is 2.62 bits per heavy atom. The first-order chi connectivity index (χ1) is 13.9. The largest absolute Gasteiger partial charge is 0.396 e. The van der Waals surface area contributed by atoms with Gasteiger partial charge in [-0.2, -0.15) is 0 Å². The van der Waals surface area contributed by atoms with Gasteiger partial charge in [0.1, 0.15) is 5.82 Å². The number of benzene rings is 2. The highest BCUT2D eigenvalue weighted by Gasteiger charge is 2.28. The molecule has 29 heavy (non-hydrogen) atoms. The highest BCUT2D eigenvalue weighted by molar-refractivity contribution is 7.99. The van der Waals surface area contributed by atoms with Crippen LogP contribution in [0.4, 0.5) is 10.1 Å². The minimum atomic E-state index is -0.567. The average molecular weight is 420 g/mol. The summed E-state index contributed by atoms with van der Waals surface area (Å²) >= 11 is 1.41. The standard InChI is InChI=1S/C22H26FNO4S/c1-3-5-11-22(4-2,14-25)15-29-20-10-9-17(23)13-19(20)21(26)16-7-6-8-18(12-16)24(27)28/h6-10,12-13,25H,3-5,11,14-15H2,1-2H3. The molecule has 156 valence electrons. The number of hydrogen-bond acceptors (Lipinski definition) is 5. The first-order valence-corrected chi connectivity index (χ1v) is 10.7. The number of aliphatic hydroxyl groups is 1. The smallest absolute Gasteiger partial charge is 0.270 e. The van der Waals surface area contributed by atoms with Crippen molar-refractivity contribution in [2.24, 2.45) is 5.41 Å². The first kappa shape index (κ1) is 23.0. The first-order valence-electron chi connectivity index (χ1n) is 9.68. The minimum Gasteiger partial charge on any atom is -0.396 e. The van der Waals surface area contributed by atoms with Crippen LogP contribution in [0.3, 0.4) is 0 Å². The van der Waals surface area contributed by atoms with E-state index in [2.05, 4.69) is 6.92 Å². The number of thioether (sulfide) groups is 1. The number of aliphatic hydroxyl groups excluding tert-OH is 1. The molecule has 1 unspecified atom stereocenters. The van der Waals surface area contributed by atoms with Gasteiger partial charge in [-0.05, 0) is 31.0 Å². The van der Waals surface area contributed by atoms with Gasteiger partial charge in [-0.15, -0.1) is 11.8 Å². The Morgan fingerprint density at radius 1 is 1.24 bits per heavy atom. The molecule has 1 atom stereocenters. The van der Waals surface area contributed by atoms with Crippen LogP contribution in [0, 0.1) is 21.3 Å². The zero-order valence-electron chi connectivity index (χ0n) is 16.7. The van der Waals surface area contributed by atoms with Gasteiger partial charge in [0.25, 0.3) is 5.69 Å². The second-order valence-corrected chi connectivity index (χ2v) is 8.20. The van der Waals surface area contributed by atoms with Crippen molar-refractivity contribution >= 4 is 23.2 Å². The van der Waals surface area contributed by atoms with Crippen molar-refractivity contribution in [2.75, 3.05) is 12.4 Å². The zero-order valence-corrected chi connectivity index (χ0v) is 17.5. The number of ketones is 1. The van der Waals surface area contributed by atoms with Crippen molar-refractivity contribution in [2.45, 2.75) is 44.4 Å². The molecular formula is C22H26FNO4S. The van der Waals surface area contributed by atoms with E-state index in [0.29, 0.717) is 10.6 Å². The van der Waals surface area contributed by atoms with E-state index in [9.17, 15) is 24.4 Å². The van der Waals surface area contributed by atoms with Crippen LogP contribution in [0.1, 0.15) is 55.5 Å². The Morgan fingerprint density at radius 2 is 2.00 bits per heavy atom. The van der Waals surface area contributed by atoms with Crippen molar-refractivity contribution in [1.29, 1.82) is 0 Å². The molecule has 7 heteroatoms. The number of rotatable bonds is 11. The molecule has 2 rings (SSSR count). The maximum absolute atomic E-state index is 13.9. The van der Waals surface area contributed by atoms with Gasteiger partial charge in [-0.1, -0.05) is 38.8 Å². The SMILES string of the molecule is CCCCC(CC)(CO)CSc1ccc(F)cc1C(=O)c1cccc([N+](=O)[O-])c1. The van der Waals surface area contributed by atoms with E-state index in [-0.39, 0.29) is 28.8 Å². The molecule has 5 nitrogen and oxygen atoms in total. The summed E-state index contributed by atoms with van der Waals surface area (Å²) in [5.41, 5.74) is -0.136. The fraction of sp³-hybridized carbons (Fsp3) is 0.409. The Labute approximate surface area is 174 Å². The minimum absolute atomic E-state index is 0.0475. The van der Waals surface area contributed by atoms with Gasteiger partial charge in [0.05, 0.1) is 4.92 Å². The summed E-state index contributed by atoms with van der Waals surface area (Å²) in [5, 5.41) is 21.0. The van der Waals surface area contributed by atoms with Crippen LogP contribution in [0.15, 0.2) is 47.4 Å². The van der Waals surface area contributed by atoms with Gasteiger partial charge in [0.15, 0.2) is 5.78 Å². The number of carbonyl (C=O) groups is 1. The summed E-state index contributed by atoms with van der Waals surface area (Å²) in [6.45, 7) is 4.18. The summed E-state index contributed by atoms with van der Waals surface area (Å²) in [7, 11) is 0. The van der Waals surface area contributed by atoms with E-state index in [1.807, 2.05) is 6.92 Å². The molecule has 0 aromatic heterocycles. The topological polar surface area (TPSA) is 80.4 Å². The lowest BCUT2D eigenvalue weighted by Gasteiger charge is -2.30. The number of nitro groups is 1. The number of halogens is 1. The van der Waals surface area contributed by atoms with Crippen LogP contribution in [-0.4, -0.2) is 28.2 Å². The predicted octanol–water partition coefficient (Wildman–Crippen LogP) is 5.64. The van der Waals surface area contributed by atoms with E-state index in [1.165, 1.54) is 48.2 Å². The van der Waals surface area contributed by atoms with E-state index in [1.54, 1.807) is 6.07 Å². The molecule has 2 aromatic carbocycles. The van der Waals surface area contributed by atoms with Crippen LogP contribution in [0.25, 0.3) is 0 Å². The highest BCUT2D eigenvalue weighted by atomic mass is 32.2. The molecule has 0 aliphatic rings. The molecule has 0 bridgehead atoms. The van der Waals surface area contributed by atoms with Crippen molar-refractivity contribution in [1.82, 2.24) is 0 Å². The quantitative estimate of drug-likeness (QED) is 0.221. The van der Waals surface area contributed by atoms with Crippen molar-refractivity contribution in [3.05, 3.63) is 69.5 Å². The van der Waals surface area contributed by atoms with Crippen LogP contribution < -0.4 is 0 Å². The van der Waals surface area contributed by atoms with Gasteiger partial charge < -0.3 is 5.11 Å². The zero-order chi connectivity index (χ0) is 21.4. The van der Waals surface area contributed by atoms with E-state index < -0.39 is 16.5 Å². The number of unbranched alkanes of at least 4 members (excludes halogenated alkanes) is 1. The molecule has 0 aliphatic heterocycles. The second kappa shape index (κ2) is 10.5. The molecule has 0 saturated carbocycles. The van der Waals surface area contributed by atoms with Gasteiger partial charge in [-0.3, -0.25) is 14.9 Å². The predicted molar refractivity (Wildman–Crippen MR) is 113 cm³/mol. The molecular weight excluding hydrogens is 393 g/mol. The molecule has 2 aromatic rings. The Hall–Kier alpha value is -2.25. The van der Waals surface area contributed by atoms with Gasteiger partial charge in [-0.25, -0.2) is 4.39 Å². The Kier molecular flexibility index (Phi) is 8.34. The van der Waals surface area contributed by atoms with Crippen molar-refractivity contribution in [3.63, 3.8) is 0 Å². The normalized spacial score (nSPS) is 13.1. The average Bonchev–Trinajstić information content (AvgIpc) is 2.74. The second-order valence-electron chi connectivity index (χ2n) is 7.18. The number of carbonyl (C=O) groups excluding carboxylic acids is 1. The van der Waals surface area contributed by atoms with Gasteiger partial charge in [0, 0.05) is 45.9 Å². The van der Waals surface area contributed by atoms with Gasteiger partial charge >= 0.3 is 0 Å². The fourth-order valence-corrected chi connectivity index (χ4v) is 4.46. The molecule has 0 saturated heterocycles. The molecule has 0 heterocycles. The summed E-state index contributed by atoms with van der Waals surface area (Å²) in [6.07, 6.45) is 3.70. The van der Waals surface area contributed by atoms with Crippen LogP contribution in [-0.2, 0) is 0 Å². The molecule has 1 N–H and O–H groups in total. The highest BCUT2D eigenvalue weighted by Crippen LogP contribution is 2.37. The molecule has 0 amide bonds. The molecule has 0 spiro atoms. The molecule has 0 aliphatic carbocycles. The maximum atomic E-state index is 13.9. The third-order valence-corrected chi connectivity index (χ3v) is 6.61. The number of nitro benzene ring substituents is 1. The van der Waals surface area contributed by atoms with E-state index >= 15 is 0 Å². The monoisotopic (exact) mass is 419 g/mol. The van der Waals surface area contributed by atoms with Crippen LogP contribution in [0.5, 0.6) is 0 Å². The lowest BCUT2D eigenvalue weighted by molar-refractivity contribution is -0.384. The van der Waals surface area contributed by atoms with Crippen molar-refractivity contribution in [3.8, 4) is 0 Å². The van der Waals surface area contributed by atoms with E-state index in [4.69, 9.17) is 0 Å². The van der Waals surface area contributed by atoms with Crippen LogP contribution in [0.2, 0.25) is 0 Å². The number of nitrogens with zero attached hydrogens (tertiary/aromatic N) is 1. The summed E-state index contributed by atoms with van der Waals surface area (Å²) in [5.74, 6) is -0.408. The van der Waals surface area contributed by atoms with Crippen molar-refractivity contribution < 1.29 is 19.2 Å². The Bertz CT molecular complexity index is 868. The Balaban J connectivity index is 2.33. The summed E-state index contributed by atoms with van der Waals surface area (Å²) < 4.78 is 13.9. The number of non-ortho nitro benzene ring substituents is 1. The number of hydrogen-bond donors (Lipinski definition) is 1. The molecule has 0 radical (unpaired) electrons. The van der Waals surface area contributed by atoms with Crippen LogP contribution >= 0.6 is 11.8 Å². The molecule has 0 fully saturated rings. The maximum Gasteiger partial charge on any atom is 0.270 e. The van der Waals surface area contributed by atoms with Gasteiger partial charge in [0.2, 0.25) is 0 Å². The fourth-order valence-electron chi connectivity index (χ4n) is 3.09. The lowest BCUT2D eigenvalue weighted by Crippen LogP contribution is -2.27. The van der Waals surface area contributed by atoms with E-state index in [0.717, 1.165) is 25.7 Å². The summed E-state index contributed by atoms with van der Waals surface area (Å²) in [4.78, 5) is 24.0. The summed E-state index contributed by atoms with van der Waals surface area (Å²) in [6, 6.07) is 9.46.